The Kier molecular flexibility index (Phi) is 4.10. The molecule has 0 aliphatic heterocycles. The predicted octanol–water partition coefficient (Wildman–Crippen LogP) is 1.58. The molecule has 0 spiro atoms. The predicted molar refractivity (Wildman–Crippen MR) is 76.6 cm³/mol. The van der Waals surface area contributed by atoms with Crippen molar-refractivity contribution in [2.24, 2.45) is 7.05 Å². The maximum atomic E-state index is 5.69. The second kappa shape index (κ2) is 5.84. The molecular weight excluding hydrogens is 254 g/mol. The van der Waals surface area contributed by atoms with Crippen molar-refractivity contribution in [3.8, 4) is 0 Å². The number of fused-ring (bicyclic) bond motifs is 1. The van der Waals surface area contributed by atoms with Gasteiger partial charge in [0.25, 0.3) is 0 Å². The summed E-state index contributed by atoms with van der Waals surface area (Å²) in [5.41, 5.74) is 2.75. The highest BCUT2D eigenvalue weighted by Gasteiger charge is 2.43. The van der Waals surface area contributed by atoms with E-state index in [0.29, 0.717) is 12.1 Å². The Morgan fingerprint density at radius 1 is 1.50 bits per heavy atom. The quantitative estimate of drug-likeness (QED) is 0.889. The first kappa shape index (κ1) is 14.0. The molecule has 2 aliphatic carbocycles. The summed E-state index contributed by atoms with van der Waals surface area (Å²) >= 11 is 0. The molecule has 0 bridgehead atoms. The first-order valence-electron chi connectivity index (χ1n) is 7.65. The van der Waals surface area contributed by atoms with Gasteiger partial charge < -0.3 is 14.8 Å². The average molecular weight is 279 g/mol. The van der Waals surface area contributed by atoms with Gasteiger partial charge >= 0.3 is 0 Å². The number of aromatic nitrogens is 2. The number of methoxy groups -OCH3 is 1. The number of nitrogens with zero attached hydrogens (tertiary/aromatic N) is 2. The average Bonchev–Trinajstić information content (AvgIpc) is 2.81. The third kappa shape index (κ3) is 2.38. The van der Waals surface area contributed by atoms with Crippen molar-refractivity contribution in [1.29, 1.82) is 0 Å². The molecule has 0 radical (unpaired) electrons. The summed E-state index contributed by atoms with van der Waals surface area (Å²) in [4.78, 5) is 0. The molecule has 0 saturated heterocycles. The fraction of sp³-hybridized carbons (Fsp3) is 0.800. The molecule has 5 heteroatoms. The van der Waals surface area contributed by atoms with E-state index in [1.807, 2.05) is 24.9 Å². The van der Waals surface area contributed by atoms with Crippen molar-refractivity contribution in [2.75, 3.05) is 13.7 Å². The van der Waals surface area contributed by atoms with Gasteiger partial charge in [-0.3, -0.25) is 4.68 Å². The maximum Gasteiger partial charge on any atom is 0.0987 e. The third-order valence-electron chi connectivity index (χ3n) is 4.69. The molecule has 3 rings (SSSR count). The first-order valence-corrected chi connectivity index (χ1v) is 7.65. The van der Waals surface area contributed by atoms with Crippen LogP contribution >= 0.6 is 0 Å². The molecule has 1 aromatic rings. The molecule has 1 saturated carbocycles. The van der Waals surface area contributed by atoms with Crippen molar-refractivity contribution in [3.05, 3.63) is 17.5 Å². The highest BCUT2D eigenvalue weighted by Crippen LogP contribution is 2.34. The zero-order valence-corrected chi connectivity index (χ0v) is 12.6. The van der Waals surface area contributed by atoms with Crippen molar-refractivity contribution in [1.82, 2.24) is 15.1 Å². The lowest BCUT2D eigenvalue weighted by Crippen LogP contribution is -2.60. The Hall–Kier alpha value is -0.910. The van der Waals surface area contributed by atoms with Crippen LogP contribution < -0.4 is 5.32 Å². The van der Waals surface area contributed by atoms with Crippen LogP contribution in [0.3, 0.4) is 0 Å². The molecule has 1 fully saturated rings. The fourth-order valence-electron chi connectivity index (χ4n) is 3.58. The van der Waals surface area contributed by atoms with E-state index < -0.39 is 0 Å². The standard InChI is InChI=1S/C15H25N3O2/c1-4-20-14-8-12(15(14)19-3)17-11-6-5-7-13-10(11)9-16-18(13)2/h9,11-12,14-15,17H,4-8H2,1-3H3. The smallest absolute Gasteiger partial charge is 0.0987 e. The zero-order valence-electron chi connectivity index (χ0n) is 12.6. The minimum absolute atomic E-state index is 0.178. The van der Waals surface area contributed by atoms with E-state index in [1.54, 1.807) is 7.11 Å². The van der Waals surface area contributed by atoms with Crippen LogP contribution in [0.25, 0.3) is 0 Å². The molecule has 2 aliphatic rings. The third-order valence-corrected chi connectivity index (χ3v) is 4.69. The number of ether oxygens (including phenoxy) is 2. The van der Waals surface area contributed by atoms with Crippen LogP contribution in [0.5, 0.6) is 0 Å². The molecule has 20 heavy (non-hydrogen) atoms. The SMILES string of the molecule is CCOC1CC(NC2CCCc3c2cnn3C)C1OC. The highest BCUT2D eigenvalue weighted by atomic mass is 16.5. The van der Waals surface area contributed by atoms with Gasteiger partial charge in [-0.1, -0.05) is 0 Å². The largest absolute Gasteiger partial charge is 0.377 e. The van der Waals surface area contributed by atoms with Gasteiger partial charge in [0.2, 0.25) is 0 Å². The van der Waals surface area contributed by atoms with Crippen molar-refractivity contribution in [2.45, 2.75) is 56.9 Å². The van der Waals surface area contributed by atoms with Crippen LogP contribution in [0.15, 0.2) is 6.20 Å². The fourth-order valence-corrected chi connectivity index (χ4v) is 3.58. The first-order chi connectivity index (χ1) is 9.74. The van der Waals surface area contributed by atoms with E-state index in [9.17, 15) is 0 Å². The van der Waals surface area contributed by atoms with Crippen LogP contribution in [0.2, 0.25) is 0 Å². The Morgan fingerprint density at radius 3 is 3.10 bits per heavy atom. The van der Waals surface area contributed by atoms with E-state index in [2.05, 4.69) is 10.4 Å². The highest BCUT2D eigenvalue weighted by molar-refractivity contribution is 5.25. The van der Waals surface area contributed by atoms with E-state index in [4.69, 9.17) is 9.47 Å². The van der Waals surface area contributed by atoms with Gasteiger partial charge in [0.15, 0.2) is 0 Å². The molecule has 0 amide bonds. The minimum Gasteiger partial charge on any atom is -0.377 e. The van der Waals surface area contributed by atoms with E-state index in [0.717, 1.165) is 19.4 Å². The summed E-state index contributed by atoms with van der Waals surface area (Å²) in [5.74, 6) is 0. The van der Waals surface area contributed by atoms with Crippen LogP contribution in [-0.2, 0) is 22.9 Å². The number of nitrogens with one attached hydrogen (secondary N) is 1. The van der Waals surface area contributed by atoms with Gasteiger partial charge in [0.1, 0.15) is 0 Å². The van der Waals surface area contributed by atoms with Crippen LogP contribution in [0.1, 0.15) is 43.5 Å². The Labute approximate surface area is 120 Å². The van der Waals surface area contributed by atoms with E-state index in [1.165, 1.54) is 24.1 Å². The molecule has 112 valence electrons. The summed E-state index contributed by atoms with van der Waals surface area (Å²) in [6, 6.07) is 0.811. The molecule has 5 nitrogen and oxygen atoms in total. The van der Waals surface area contributed by atoms with E-state index >= 15 is 0 Å². The number of rotatable bonds is 5. The summed E-state index contributed by atoms with van der Waals surface area (Å²) < 4.78 is 13.3. The van der Waals surface area contributed by atoms with Gasteiger partial charge in [-0.05, 0) is 32.6 Å². The topological polar surface area (TPSA) is 48.3 Å². The van der Waals surface area contributed by atoms with Gasteiger partial charge in [0.05, 0.1) is 18.4 Å². The summed E-state index contributed by atoms with van der Waals surface area (Å²) in [6.45, 7) is 2.80. The second-order valence-electron chi connectivity index (χ2n) is 5.82. The number of aryl methyl sites for hydroxylation is 1. The Bertz CT molecular complexity index is 460. The molecule has 4 atom stereocenters. The maximum absolute atomic E-state index is 5.69. The van der Waals surface area contributed by atoms with Gasteiger partial charge in [0, 0.05) is 44.1 Å². The lowest BCUT2D eigenvalue weighted by atomic mass is 9.83. The Morgan fingerprint density at radius 2 is 2.35 bits per heavy atom. The van der Waals surface area contributed by atoms with Gasteiger partial charge in [-0.25, -0.2) is 0 Å². The normalized spacial score (nSPS) is 32.8. The summed E-state index contributed by atoms with van der Waals surface area (Å²) in [7, 11) is 3.81. The zero-order chi connectivity index (χ0) is 14.1. The molecule has 4 unspecified atom stereocenters. The van der Waals surface area contributed by atoms with Crippen LogP contribution in [-0.4, -0.2) is 41.7 Å². The Balaban J connectivity index is 1.65. The van der Waals surface area contributed by atoms with Crippen molar-refractivity contribution in [3.63, 3.8) is 0 Å². The molecule has 1 aromatic heterocycles. The molecule has 1 N–H and O–H groups in total. The van der Waals surface area contributed by atoms with Crippen molar-refractivity contribution < 1.29 is 9.47 Å². The van der Waals surface area contributed by atoms with Crippen LogP contribution in [0.4, 0.5) is 0 Å². The number of hydrogen-bond donors (Lipinski definition) is 1. The van der Waals surface area contributed by atoms with Gasteiger partial charge in [-0.15, -0.1) is 0 Å². The summed E-state index contributed by atoms with van der Waals surface area (Å²) in [6.07, 6.45) is 7.04. The van der Waals surface area contributed by atoms with Gasteiger partial charge in [-0.2, -0.15) is 5.10 Å². The molecule has 1 heterocycles. The van der Waals surface area contributed by atoms with Crippen LogP contribution in [0, 0.1) is 0 Å². The monoisotopic (exact) mass is 279 g/mol. The summed E-state index contributed by atoms with van der Waals surface area (Å²) in [5, 5.41) is 8.16. The number of hydrogen-bond acceptors (Lipinski definition) is 4. The minimum atomic E-state index is 0.178. The van der Waals surface area contributed by atoms with E-state index in [-0.39, 0.29) is 12.2 Å². The van der Waals surface area contributed by atoms with Crippen molar-refractivity contribution >= 4 is 0 Å². The lowest BCUT2D eigenvalue weighted by molar-refractivity contribution is -0.133. The second-order valence-corrected chi connectivity index (χ2v) is 5.82. The lowest BCUT2D eigenvalue weighted by Gasteiger charge is -2.45. The molecule has 0 aromatic carbocycles. The molecular formula is C15H25N3O2.